The lowest BCUT2D eigenvalue weighted by molar-refractivity contribution is -0.147. The van der Waals surface area contributed by atoms with Gasteiger partial charge in [-0.2, -0.15) is 0 Å². The molecule has 0 bridgehead atoms. The Morgan fingerprint density at radius 1 is 0.577 bits per heavy atom. The second-order valence-corrected chi connectivity index (χ2v) is 8.97. The van der Waals surface area contributed by atoms with Crippen LogP contribution in [0, 0.1) is 23.7 Å². The van der Waals surface area contributed by atoms with Crippen LogP contribution >= 0.6 is 0 Å². The van der Waals surface area contributed by atoms with Gasteiger partial charge < -0.3 is 9.47 Å². The van der Waals surface area contributed by atoms with Crippen LogP contribution in [-0.4, -0.2) is 24.1 Å². The quantitative estimate of drug-likeness (QED) is 0.335. The molecule has 0 atom stereocenters. The summed E-state index contributed by atoms with van der Waals surface area (Å²) in [4.78, 5) is 24.1. The second kappa shape index (κ2) is 12.9. The van der Waals surface area contributed by atoms with E-state index in [1.54, 1.807) is 0 Å². The predicted octanol–water partition coefficient (Wildman–Crippen LogP) is 5.55. The van der Waals surface area contributed by atoms with Gasteiger partial charge in [-0.05, 0) is 49.4 Å². The molecule has 0 aromatic carbocycles. The summed E-state index contributed by atoms with van der Waals surface area (Å²) in [5.74, 6) is 0.860. The molecule has 0 N–H and O–H groups in total. The van der Waals surface area contributed by atoms with Gasteiger partial charge in [0.2, 0.25) is 0 Å². The number of hydrogen-bond acceptors (Lipinski definition) is 4. The Kier molecular flexibility index (Phi) is 12.3. The lowest BCUT2D eigenvalue weighted by Crippen LogP contribution is -2.22. The Balaban J connectivity index is 4.63. The van der Waals surface area contributed by atoms with E-state index in [0.717, 1.165) is 25.7 Å². The molecule has 0 aliphatic rings. The van der Waals surface area contributed by atoms with Crippen LogP contribution in [0.4, 0.5) is 0 Å². The molecular weight excluding hydrogens is 328 g/mol. The zero-order valence-electron chi connectivity index (χ0n) is 18.1. The van der Waals surface area contributed by atoms with Gasteiger partial charge in [-0.25, -0.2) is 9.59 Å². The molecule has 26 heavy (non-hydrogen) atoms. The highest BCUT2D eigenvalue weighted by Crippen LogP contribution is 2.18. The van der Waals surface area contributed by atoms with E-state index in [-0.39, 0.29) is 12.2 Å². The summed E-state index contributed by atoms with van der Waals surface area (Å²) in [6.45, 7) is 16.9. The third-order valence-corrected chi connectivity index (χ3v) is 3.86. The molecule has 0 spiro atoms. The van der Waals surface area contributed by atoms with Crippen molar-refractivity contribution < 1.29 is 19.1 Å². The SMILES string of the molecule is CC(C)CC(CC(C)C)OC(=O)C=CC(=O)OC(CC(C)C)CC(C)C. The molecule has 4 nitrogen and oxygen atoms in total. The van der Waals surface area contributed by atoms with Crippen molar-refractivity contribution in [3.8, 4) is 0 Å². The fourth-order valence-corrected chi connectivity index (χ4v) is 3.03. The summed E-state index contributed by atoms with van der Waals surface area (Å²) in [5, 5.41) is 0. The standard InChI is InChI=1S/C22H40O4/c1-15(2)11-19(12-16(3)4)25-21(23)9-10-22(24)26-20(13-17(5)6)14-18(7)8/h9-10,15-20H,11-14H2,1-8H3. The van der Waals surface area contributed by atoms with Gasteiger partial charge in [-0.15, -0.1) is 0 Å². The van der Waals surface area contributed by atoms with E-state index in [1.165, 1.54) is 12.2 Å². The van der Waals surface area contributed by atoms with Gasteiger partial charge in [0.15, 0.2) is 0 Å². The Labute approximate surface area is 160 Å². The summed E-state index contributed by atoms with van der Waals surface area (Å²) in [6.07, 6.45) is 5.46. The number of esters is 2. The summed E-state index contributed by atoms with van der Waals surface area (Å²) >= 11 is 0. The van der Waals surface area contributed by atoms with Gasteiger partial charge in [0.25, 0.3) is 0 Å². The van der Waals surface area contributed by atoms with Crippen molar-refractivity contribution in [2.45, 2.75) is 93.3 Å². The molecule has 0 heterocycles. The molecule has 0 aliphatic heterocycles. The third-order valence-electron chi connectivity index (χ3n) is 3.86. The molecule has 0 unspecified atom stereocenters. The van der Waals surface area contributed by atoms with Crippen LogP contribution in [0.25, 0.3) is 0 Å². The number of hydrogen-bond donors (Lipinski definition) is 0. The van der Waals surface area contributed by atoms with Crippen molar-refractivity contribution in [2.24, 2.45) is 23.7 Å². The van der Waals surface area contributed by atoms with E-state index in [1.807, 2.05) is 0 Å². The molecule has 0 amide bonds. The average Bonchev–Trinajstić information content (AvgIpc) is 2.41. The Morgan fingerprint density at radius 3 is 1.00 bits per heavy atom. The topological polar surface area (TPSA) is 52.6 Å². The van der Waals surface area contributed by atoms with E-state index in [2.05, 4.69) is 55.4 Å². The lowest BCUT2D eigenvalue weighted by Gasteiger charge is -2.21. The fourth-order valence-electron chi connectivity index (χ4n) is 3.03. The van der Waals surface area contributed by atoms with E-state index in [9.17, 15) is 9.59 Å². The van der Waals surface area contributed by atoms with Crippen LogP contribution in [0.5, 0.6) is 0 Å². The Hall–Kier alpha value is -1.32. The maximum absolute atomic E-state index is 12.0. The van der Waals surface area contributed by atoms with Crippen LogP contribution in [0.1, 0.15) is 81.1 Å². The normalized spacial score (nSPS) is 12.4. The minimum Gasteiger partial charge on any atom is -0.459 e. The van der Waals surface area contributed by atoms with Crippen molar-refractivity contribution in [3.05, 3.63) is 12.2 Å². The Bertz CT molecular complexity index is 375. The first-order chi connectivity index (χ1) is 12.0. The minimum absolute atomic E-state index is 0.113. The van der Waals surface area contributed by atoms with Crippen LogP contribution < -0.4 is 0 Å². The zero-order valence-corrected chi connectivity index (χ0v) is 18.1. The zero-order chi connectivity index (χ0) is 20.3. The van der Waals surface area contributed by atoms with Crippen LogP contribution in [0.3, 0.4) is 0 Å². The van der Waals surface area contributed by atoms with Crippen molar-refractivity contribution in [2.75, 3.05) is 0 Å². The van der Waals surface area contributed by atoms with E-state index in [0.29, 0.717) is 23.7 Å². The van der Waals surface area contributed by atoms with Gasteiger partial charge in [-0.1, -0.05) is 55.4 Å². The molecular formula is C22H40O4. The maximum atomic E-state index is 12.0. The molecule has 0 aliphatic carbocycles. The maximum Gasteiger partial charge on any atom is 0.331 e. The van der Waals surface area contributed by atoms with Crippen LogP contribution in [-0.2, 0) is 19.1 Å². The summed E-state index contributed by atoms with van der Waals surface area (Å²) in [7, 11) is 0. The second-order valence-electron chi connectivity index (χ2n) is 8.97. The van der Waals surface area contributed by atoms with E-state index in [4.69, 9.17) is 9.47 Å². The first-order valence-electron chi connectivity index (χ1n) is 10.1. The highest BCUT2D eigenvalue weighted by molar-refractivity contribution is 5.91. The molecule has 0 aromatic heterocycles. The largest absolute Gasteiger partial charge is 0.459 e. The highest BCUT2D eigenvalue weighted by Gasteiger charge is 2.18. The average molecular weight is 369 g/mol. The molecule has 0 fully saturated rings. The van der Waals surface area contributed by atoms with Crippen molar-refractivity contribution in [3.63, 3.8) is 0 Å². The summed E-state index contributed by atoms with van der Waals surface area (Å²) < 4.78 is 11.0. The smallest absolute Gasteiger partial charge is 0.331 e. The summed E-state index contributed by atoms with van der Waals surface area (Å²) in [5.41, 5.74) is 0. The van der Waals surface area contributed by atoms with Crippen molar-refractivity contribution in [1.29, 1.82) is 0 Å². The van der Waals surface area contributed by atoms with Gasteiger partial charge in [0, 0.05) is 12.2 Å². The molecule has 152 valence electrons. The molecule has 0 saturated heterocycles. The van der Waals surface area contributed by atoms with Gasteiger partial charge in [-0.3, -0.25) is 0 Å². The molecule has 0 radical (unpaired) electrons. The van der Waals surface area contributed by atoms with E-state index < -0.39 is 11.9 Å². The number of rotatable bonds is 12. The third kappa shape index (κ3) is 13.9. The van der Waals surface area contributed by atoms with Crippen molar-refractivity contribution in [1.82, 2.24) is 0 Å². The van der Waals surface area contributed by atoms with Gasteiger partial charge in [0.05, 0.1) is 0 Å². The number of ether oxygens (including phenoxy) is 2. The molecule has 0 rings (SSSR count). The molecule has 0 saturated carbocycles. The first-order valence-corrected chi connectivity index (χ1v) is 10.1. The van der Waals surface area contributed by atoms with Gasteiger partial charge >= 0.3 is 11.9 Å². The first kappa shape index (κ1) is 24.7. The monoisotopic (exact) mass is 368 g/mol. The minimum atomic E-state index is -0.475. The molecule has 0 aromatic rings. The fraction of sp³-hybridized carbons (Fsp3) is 0.818. The van der Waals surface area contributed by atoms with E-state index >= 15 is 0 Å². The number of carbonyl (C=O) groups excluding carboxylic acids is 2. The van der Waals surface area contributed by atoms with Crippen LogP contribution in [0.15, 0.2) is 12.2 Å². The van der Waals surface area contributed by atoms with Gasteiger partial charge in [0.1, 0.15) is 12.2 Å². The predicted molar refractivity (Wildman–Crippen MR) is 107 cm³/mol. The lowest BCUT2D eigenvalue weighted by atomic mass is 9.98. The highest BCUT2D eigenvalue weighted by atomic mass is 16.5. The Morgan fingerprint density at radius 2 is 0.808 bits per heavy atom. The number of carbonyl (C=O) groups is 2. The summed E-state index contributed by atoms with van der Waals surface area (Å²) in [6, 6.07) is 0. The van der Waals surface area contributed by atoms with Crippen molar-refractivity contribution >= 4 is 11.9 Å². The van der Waals surface area contributed by atoms with Crippen LogP contribution in [0.2, 0.25) is 0 Å². The molecule has 4 heteroatoms.